The normalized spacial score (nSPS) is 15.5. The third-order valence-electron chi connectivity index (χ3n) is 5.00. The maximum absolute atomic E-state index is 12.2. The highest BCUT2D eigenvalue weighted by atomic mass is 32.2. The minimum absolute atomic E-state index is 0.00849. The number of carbonyl (C=O) groups is 3. The van der Waals surface area contributed by atoms with Crippen molar-refractivity contribution in [3.05, 3.63) is 87.5 Å². The van der Waals surface area contributed by atoms with Gasteiger partial charge in [0.1, 0.15) is 4.90 Å². The molecule has 0 aliphatic heterocycles. The first-order valence-corrected chi connectivity index (χ1v) is 10.8. The molecule has 0 aromatic heterocycles. The zero-order valence-corrected chi connectivity index (χ0v) is 18.1. The average molecular weight is 467 g/mol. The summed E-state index contributed by atoms with van der Waals surface area (Å²) >= 11 is 0. The van der Waals surface area contributed by atoms with Gasteiger partial charge in [0.2, 0.25) is 0 Å². The van der Waals surface area contributed by atoms with Gasteiger partial charge >= 0.3 is 0 Å². The number of aromatic carboxylic acids is 1. The van der Waals surface area contributed by atoms with Gasteiger partial charge in [0.25, 0.3) is 10.1 Å². The summed E-state index contributed by atoms with van der Waals surface area (Å²) in [6.07, 6.45) is 2.24. The molecule has 2 aromatic rings. The molecule has 0 unspecified atom stereocenters. The predicted molar refractivity (Wildman–Crippen MR) is 109 cm³/mol. The topological polar surface area (TPSA) is 175 Å². The van der Waals surface area contributed by atoms with Crippen molar-refractivity contribution in [3.8, 4) is 5.75 Å². The number of hydrogen-bond acceptors (Lipinski definition) is 8. The van der Waals surface area contributed by atoms with Gasteiger partial charge < -0.3 is 24.9 Å². The summed E-state index contributed by atoms with van der Waals surface area (Å²) in [5.41, 5.74) is -1.55. The van der Waals surface area contributed by atoms with E-state index in [1.165, 1.54) is 44.2 Å². The first-order valence-electron chi connectivity index (χ1n) is 9.33. The summed E-state index contributed by atoms with van der Waals surface area (Å²) in [7, 11) is -4.79. The van der Waals surface area contributed by atoms with E-state index in [0.717, 1.165) is 18.2 Å². The molecule has 9 nitrogen and oxygen atoms in total. The minimum atomic E-state index is -4.79. The Labute approximate surface area is 188 Å². The van der Waals surface area contributed by atoms with Gasteiger partial charge in [0.05, 0.1) is 11.9 Å². The Balaban J connectivity index is 2.54. The number of carboxylic acids is 2. The molecule has 0 atom stereocenters. The summed E-state index contributed by atoms with van der Waals surface area (Å²) in [5.74, 6) is -5.17. The van der Waals surface area contributed by atoms with Crippen LogP contribution in [0.25, 0.3) is 5.57 Å². The van der Waals surface area contributed by atoms with Crippen LogP contribution in [0.5, 0.6) is 5.75 Å². The van der Waals surface area contributed by atoms with Gasteiger partial charge in [0.15, 0.2) is 5.78 Å². The van der Waals surface area contributed by atoms with E-state index in [1.54, 1.807) is 0 Å². The van der Waals surface area contributed by atoms with Crippen molar-refractivity contribution >= 4 is 33.4 Å². The van der Waals surface area contributed by atoms with Crippen LogP contribution in [0.2, 0.25) is 0 Å². The summed E-state index contributed by atoms with van der Waals surface area (Å²) in [6.45, 7) is 2.67. The Bertz CT molecular complexity index is 1420. The average Bonchev–Trinajstić information content (AvgIpc) is 2.72. The number of carboxylic acid groups (broad SMARTS) is 2. The van der Waals surface area contributed by atoms with Gasteiger partial charge in [-0.1, -0.05) is 35.6 Å². The van der Waals surface area contributed by atoms with Crippen molar-refractivity contribution in [2.24, 2.45) is 0 Å². The Hall–Kier alpha value is -4.02. The molecule has 0 heterocycles. The van der Waals surface area contributed by atoms with Crippen molar-refractivity contribution in [2.45, 2.75) is 18.7 Å². The van der Waals surface area contributed by atoms with Crippen LogP contribution in [0.15, 0.2) is 70.2 Å². The number of rotatable bonds is 5. The molecule has 0 saturated heterocycles. The largest absolute Gasteiger partial charge is 0.872 e. The van der Waals surface area contributed by atoms with Crippen LogP contribution in [0.1, 0.15) is 34.0 Å². The van der Waals surface area contributed by atoms with E-state index in [4.69, 9.17) is 0 Å². The molecular weight excluding hydrogens is 452 g/mol. The standard InChI is InChI=1S/C23H18O9S/c1-11-7-13(9-16(20(11)24)22(26)27)19(15-5-3-4-6-18(15)33(30,31)32)14-8-12(2)21(25)17(10-14)23(28)29/h3-10,24H,1-2H3,(H,26,27)(H,28,29)(H,30,31,32)/p-3/b19-14+. The number of hydrogen-bond donors (Lipinski definition) is 1. The Morgan fingerprint density at radius 2 is 1.58 bits per heavy atom. The number of aliphatic carboxylic acids is 1. The Kier molecular flexibility index (Phi) is 6.08. The maximum Gasteiger partial charge on any atom is 0.295 e. The highest BCUT2D eigenvalue weighted by Gasteiger charge is 2.25. The highest BCUT2D eigenvalue weighted by Crippen LogP contribution is 2.37. The second-order valence-corrected chi connectivity index (χ2v) is 8.65. The minimum Gasteiger partial charge on any atom is -0.872 e. The van der Waals surface area contributed by atoms with Crippen molar-refractivity contribution in [1.29, 1.82) is 0 Å². The van der Waals surface area contributed by atoms with E-state index in [-0.39, 0.29) is 33.4 Å². The third kappa shape index (κ3) is 4.47. The lowest BCUT2D eigenvalue weighted by molar-refractivity contribution is -0.298. The van der Waals surface area contributed by atoms with Crippen LogP contribution < -0.4 is 15.3 Å². The molecule has 2 aromatic carbocycles. The van der Waals surface area contributed by atoms with E-state index in [1.807, 2.05) is 0 Å². The quantitative estimate of drug-likeness (QED) is 0.456. The molecule has 1 N–H and O–H groups in total. The number of aryl methyl sites for hydroxylation is 1. The fraction of sp³-hybridized carbons (Fsp3) is 0.0870. The zero-order valence-electron chi connectivity index (χ0n) is 17.2. The number of carbonyl (C=O) groups excluding carboxylic acids is 3. The van der Waals surface area contributed by atoms with Gasteiger partial charge in [-0.25, -0.2) is 0 Å². The Morgan fingerprint density at radius 1 is 0.939 bits per heavy atom. The maximum atomic E-state index is 12.2. The molecule has 170 valence electrons. The summed E-state index contributed by atoms with van der Waals surface area (Å²) < 4.78 is 33.8. The number of benzene rings is 2. The van der Waals surface area contributed by atoms with Crippen LogP contribution in [-0.4, -0.2) is 30.7 Å². The molecule has 0 amide bonds. The smallest absolute Gasteiger partial charge is 0.295 e. The second kappa shape index (κ2) is 8.49. The molecule has 1 aliphatic carbocycles. The van der Waals surface area contributed by atoms with Gasteiger partial charge in [-0.05, 0) is 66.0 Å². The van der Waals surface area contributed by atoms with Gasteiger partial charge in [-0.15, -0.1) is 0 Å². The molecule has 1 aliphatic rings. The fourth-order valence-corrected chi connectivity index (χ4v) is 4.21. The predicted octanol–water partition coefficient (Wildman–Crippen LogP) is -0.314. The second-order valence-electron chi connectivity index (χ2n) is 7.26. The van der Waals surface area contributed by atoms with Crippen molar-refractivity contribution in [1.82, 2.24) is 0 Å². The summed E-state index contributed by atoms with van der Waals surface area (Å²) in [5, 5.41) is 35.2. The van der Waals surface area contributed by atoms with Crippen LogP contribution in [0.3, 0.4) is 0 Å². The molecule has 3 rings (SSSR count). The fourth-order valence-electron chi connectivity index (χ4n) is 3.52. The first kappa shape index (κ1) is 23.6. The zero-order chi connectivity index (χ0) is 24.7. The van der Waals surface area contributed by atoms with Crippen LogP contribution in [0.4, 0.5) is 0 Å². The molecular formula is C23H15O9S-3. The van der Waals surface area contributed by atoms with Crippen molar-refractivity contribution in [3.63, 3.8) is 0 Å². The van der Waals surface area contributed by atoms with Crippen molar-refractivity contribution < 1.29 is 42.7 Å². The molecule has 0 bridgehead atoms. The van der Waals surface area contributed by atoms with E-state index in [9.17, 15) is 42.7 Å². The molecule has 33 heavy (non-hydrogen) atoms. The molecule has 0 saturated carbocycles. The summed E-state index contributed by atoms with van der Waals surface area (Å²) in [4.78, 5) is 34.7. The lowest BCUT2D eigenvalue weighted by Gasteiger charge is -2.23. The monoisotopic (exact) mass is 467 g/mol. The third-order valence-corrected chi connectivity index (χ3v) is 5.91. The SMILES string of the molecule is CC1=C/C(=C(/c2cc(C)c([O-])c(C(=O)[O-])c2)c2ccccc2S(=O)(=O)O)C=C(C(=O)[O-])C1=O. The van der Waals surface area contributed by atoms with Gasteiger partial charge in [-0.3, -0.25) is 9.35 Å². The highest BCUT2D eigenvalue weighted by molar-refractivity contribution is 7.86. The summed E-state index contributed by atoms with van der Waals surface area (Å²) in [6, 6.07) is 7.41. The number of ketones is 1. The van der Waals surface area contributed by atoms with E-state index < -0.39 is 49.6 Å². The van der Waals surface area contributed by atoms with Crippen LogP contribution >= 0.6 is 0 Å². The Morgan fingerprint density at radius 3 is 2.15 bits per heavy atom. The molecule has 0 radical (unpaired) electrons. The van der Waals surface area contributed by atoms with E-state index >= 15 is 0 Å². The number of Topliss-reactive ketones (excluding diaryl/α,β-unsaturated/α-hetero) is 1. The lowest BCUT2D eigenvalue weighted by Crippen LogP contribution is -2.30. The number of allylic oxidation sites excluding steroid dienone is 4. The van der Waals surface area contributed by atoms with Crippen molar-refractivity contribution in [2.75, 3.05) is 0 Å². The first-order chi connectivity index (χ1) is 15.3. The van der Waals surface area contributed by atoms with E-state index in [0.29, 0.717) is 0 Å². The van der Waals surface area contributed by atoms with Crippen LogP contribution in [-0.2, 0) is 19.7 Å². The van der Waals surface area contributed by atoms with Gasteiger partial charge in [0, 0.05) is 11.1 Å². The molecule has 0 fully saturated rings. The lowest BCUT2D eigenvalue weighted by atomic mass is 9.85. The van der Waals surface area contributed by atoms with E-state index in [2.05, 4.69) is 0 Å². The van der Waals surface area contributed by atoms with Gasteiger partial charge in [-0.2, -0.15) is 8.42 Å². The molecule has 10 heteroatoms. The molecule has 0 spiro atoms. The van der Waals surface area contributed by atoms with Crippen LogP contribution in [0, 0.1) is 6.92 Å².